The number of rotatable bonds is 3. The first kappa shape index (κ1) is 11.5. The zero-order valence-electron chi connectivity index (χ0n) is 9.53. The molecule has 1 rings (SSSR count). The maximum Gasteiger partial charge on any atom is 0.0638 e. The summed E-state index contributed by atoms with van der Waals surface area (Å²) in [5.41, 5.74) is 0. The third-order valence-corrected chi connectivity index (χ3v) is 3.21. The Morgan fingerprint density at radius 1 is 1.50 bits per heavy atom. The normalized spacial score (nSPS) is 27.1. The predicted octanol–water partition coefficient (Wildman–Crippen LogP) is 1.31. The Balaban J connectivity index is 2.42. The lowest BCUT2D eigenvalue weighted by Gasteiger charge is -2.41. The molecule has 0 aliphatic carbocycles. The van der Waals surface area contributed by atoms with Crippen molar-refractivity contribution in [3.8, 4) is 6.07 Å². The molecule has 3 nitrogen and oxygen atoms in total. The van der Waals surface area contributed by atoms with Crippen molar-refractivity contribution in [3.05, 3.63) is 0 Å². The van der Waals surface area contributed by atoms with Gasteiger partial charge in [-0.1, -0.05) is 6.92 Å². The van der Waals surface area contributed by atoms with Crippen molar-refractivity contribution in [3.63, 3.8) is 0 Å². The maximum absolute atomic E-state index is 8.64. The van der Waals surface area contributed by atoms with Crippen LogP contribution in [-0.4, -0.2) is 48.1 Å². The predicted molar refractivity (Wildman–Crippen MR) is 58.0 cm³/mol. The van der Waals surface area contributed by atoms with Crippen LogP contribution >= 0.6 is 0 Å². The summed E-state index contributed by atoms with van der Waals surface area (Å²) in [6, 6.07) is 3.30. The molecule has 0 spiro atoms. The first-order chi connectivity index (χ1) is 6.69. The highest BCUT2D eigenvalue weighted by atomic mass is 15.3. The molecular formula is C11H21N3. The topological polar surface area (TPSA) is 30.3 Å². The molecule has 1 fully saturated rings. The van der Waals surface area contributed by atoms with E-state index in [0.29, 0.717) is 18.5 Å². The summed E-state index contributed by atoms with van der Waals surface area (Å²) in [5.74, 6) is 0. The first-order valence-corrected chi connectivity index (χ1v) is 5.54. The van der Waals surface area contributed by atoms with Gasteiger partial charge in [0.25, 0.3) is 0 Å². The molecule has 0 aromatic carbocycles. The van der Waals surface area contributed by atoms with Crippen LogP contribution in [0.3, 0.4) is 0 Å². The SMILES string of the molecule is CCN1CCN(C(C)CC#N)CC1C. The van der Waals surface area contributed by atoms with Crippen LogP contribution in [0.25, 0.3) is 0 Å². The average molecular weight is 195 g/mol. The van der Waals surface area contributed by atoms with Crippen molar-refractivity contribution in [1.29, 1.82) is 5.26 Å². The van der Waals surface area contributed by atoms with Gasteiger partial charge in [-0.2, -0.15) is 5.26 Å². The summed E-state index contributed by atoms with van der Waals surface area (Å²) in [6.45, 7) is 11.1. The quantitative estimate of drug-likeness (QED) is 0.680. The Labute approximate surface area is 87.3 Å². The van der Waals surface area contributed by atoms with Gasteiger partial charge in [0.15, 0.2) is 0 Å². The van der Waals surface area contributed by atoms with Crippen LogP contribution in [0.2, 0.25) is 0 Å². The van der Waals surface area contributed by atoms with Gasteiger partial charge in [-0.05, 0) is 20.4 Å². The number of nitrogens with zero attached hydrogens (tertiary/aromatic N) is 3. The van der Waals surface area contributed by atoms with E-state index in [1.54, 1.807) is 0 Å². The summed E-state index contributed by atoms with van der Waals surface area (Å²) < 4.78 is 0. The van der Waals surface area contributed by atoms with E-state index < -0.39 is 0 Å². The van der Waals surface area contributed by atoms with E-state index in [-0.39, 0.29) is 0 Å². The van der Waals surface area contributed by atoms with Crippen molar-refractivity contribution < 1.29 is 0 Å². The van der Waals surface area contributed by atoms with Crippen molar-refractivity contribution >= 4 is 0 Å². The van der Waals surface area contributed by atoms with Crippen LogP contribution < -0.4 is 0 Å². The van der Waals surface area contributed by atoms with E-state index in [0.717, 1.165) is 26.2 Å². The van der Waals surface area contributed by atoms with E-state index >= 15 is 0 Å². The molecule has 3 heteroatoms. The summed E-state index contributed by atoms with van der Waals surface area (Å²) in [7, 11) is 0. The highest BCUT2D eigenvalue weighted by molar-refractivity contribution is 4.85. The Bertz CT molecular complexity index is 209. The molecule has 0 bridgehead atoms. The second-order valence-electron chi connectivity index (χ2n) is 4.18. The molecule has 0 saturated carbocycles. The number of nitriles is 1. The fourth-order valence-corrected chi connectivity index (χ4v) is 2.15. The van der Waals surface area contributed by atoms with E-state index in [4.69, 9.17) is 5.26 Å². The molecule has 1 heterocycles. The minimum Gasteiger partial charge on any atom is -0.298 e. The van der Waals surface area contributed by atoms with Gasteiger partial charge in [0.1, 0.15) is 0 Å². The maximum atomic E-state index is 8.64. The molecular weight excluding hydrogens is 174 g/mol. The van der Waals surface area contributed by atoms with Gasteiger partial charge in [0.05, 0.1) is 12.5 Å². The second kappa shape index (κ2) is 5.33. The molecule has 0 amide bonds. The number of piperazine rings is 1. The van der Waals surface area contributed by atoms with E-state index in [1.807, 2.05) is 0 Å². The van der Waals surface area contributed by atoms with Crippen molar-refractivity contribution in [2.45, 2.75) is 39.3 Å². The minimum atomic E-state index is 0.418. The highest BCUT2D eigenvalue weighted by Crippen LogP contribution is 2.13. The second-order valence-corrected chi connectivity index (χ2v) is 4.18. The standard InChI is InChI=1S/C11H21N3/c1-4-13-7-8-14(9-11(13)3)10(2)5-6-12/h10-11H,4-5,7-9H2,1-3H3. The van der Waals surface area contributed by atoms with Gasteiger partial charge in [-0.15, -0.1) is 0 Å². The van der Waals surface area contributed by atoms with Crippen LogP contribution in [-0.2, 0) is 0 Å². The van der Waals surface area contributed by atoms with E-state index in [9.17, 15) is 0 Å². The van der Waals surface area contributed by atoms with Gasteiger partial charge in [0, 0.05) is 31.7 Å². The van der Waals surface area contributed by atoms with Gasteiger partial charge < -0.3 is 0 Å². The van der Waals surface area contributed by atoms with Crippen molar-refractivity contribution in [2.75, 3.05) is 26.2 Å². The number of hydrogen-bond acceptors (Lipinski definition) is 3. The summed E-state index contributed by atoms with van der Waals surface area (Å²) in [6.07, 6.45) is 0.652. The summed E-state index contributed by atoms with van der Waals surface area (Å²) in [4.78, 5) is 4.93. The molecule has 0 radical (unpaired) electrons. The van der Waals surface area contributed by atoms with Gasteiger partial charge >= 0.3 is 0 Å². The fourth-order valence-electron chi connectivity index (χ4n) is 2.15. The summed E-state index contributed by atoms with van der Waals surface area (Å²) in [5, 5.41) is 8.64. The molecule has 0 N–H and O–H groups in total. The lowest BCUT2D eigenvalue weighted by molar-refractivity contribution is 0.0650. The van der Waals surface area contributed by atoms with Crippen LogP contribution in [0, 0.1) is 11.3 Å². The first-order valence-electron chi connectivity index (χ1n) is 5.54. The minimum absolute atomic E-state index is 0.418. The third-order valence-electron chi connectivity index (χ3n) is 3.21. The zero-order valence-corrected chi connectivity index (χ0v) is 9.53. The Morgan fingerprint density at radius 2 is 2.21 bits per heavy atom. The largest absolute Gasteiger partial charge is 0.298 e. The van der Waals surface area contributed by atoms with Crippen LogP contribution in [0.15, 0.2) is 0 Å². The Kier molecular flexibility index (Phi) is 4.37. The molecule has 0 aromatic heterocycles. The van der Waals surface area contributed by atoms with Gasteiger partial charge in [-0.3, -0.25) is 9.80 Å². The molecule has 0 aromatic rings. The average Bonchev–Trinajstić information content (AvgIpc) is 2.18. The van der Waals surface area contributed by atoms with E-state index in [2.05, 4.69) is 36.6 Å². The van der Waals surface area contributed by atoms with Crippen LogP contribution in [0.1, 0.15) is 27.2 Å². The highest BCUT2D eigenvalue weighted by Gasteiger charge is 2.24. The molecule has 2 atom stereocenters. The lowest BCUT2D eigenvalue weighted by atomic mass is 10.1. The monoisotopic (exact) mass is 195 g/mol. The van der Waals surface area contributed by atoms with Gasteiger partial charge in [0.2, 0.25) is 0 Å². The molecule has 14 heavy (non-hydrogen) atoms. The Morgan fingerprint density at radius 3 is 2.71 bits per heavy atom. The van der Waals surface area contributed by atoms with Crippen LogP contribution in [0.4, 0.5) is 0 Å². The van der Waals surface area contributed by atoms with Gasteiger partial charge in [-0.25, -0.2) is 0 Å². The van der Waals surface area contributed by atoms with Crippen molar-refractivity contribution in [2.24, 2.45) is 0 Å². The third kappa shape index (κ3) is 2.70. The van der Waals surface area contributed by atoms with Crippen molar-refractivity contribution in [1.82, 2.24) is 9.80 Å². The lowest BCUT2D eigenvalue weighted by Crippen LogP contribution is -2.53. The summed E-state index contributed by atoms with van der Waals surface area (Å²) >= 11 is 0. The number of likely N-dealkylation sites (N-methyl/N-ethyl adjacent to an activating group) is 1. The molecule has 80 valence electrons. The molecule has 2 unspecified atom stereocenters. The zero-order chi connectivity index (χ0) is 10.6. The van der Waals surface area contributed by atoms with Crippen LogP contribution in [0.5, 0.6) is 0 Å². The molecule has 1 aliphatic heterocycles. The molecule has 1 aliphatic rings. The van der Waals surface area contributed by atoms with E-state index in [1.165, 1.54) is 0 Å². The smallest absolute Gasteiger partial charge is 0.0638 e. The fraction of sp³-hybridized carbons (Fsp3) is 0.909. The number of hydrogen-bond donors (Lipinski definition) is 0. The molecule has 1 saturated heterocycles. The Hall–Kier alpha value is -0.590.